The standard InChI is InChI=1S/C29H30Br2N2O3/c30-23-13-15-26(16-14-23)36-20-28(34)33(19-22-9-6-10-24(31)17-22)27(18-21-7-2-1-3-8-21)29(35)32-25-11-4-5-12-25/h1-3,6-10,13-17,25,27H,4-5,11-12,18-20H2,(H,32,35)/t27-/m0/s1. The smallest absolute Gasteiger partial charge is 0.261 e. The average Bonchev–Trinajstić information content (AvgIpc) is 3.39. The zero-order chi connectivity index (χ0) is 25.3. The lowest BCUT2D eigenvalue weighted by molar-refractivity contribution is -0.143. The van der Waals surface area contributed by atoms with E-state index in [1.807, 2.05) is 78.9 Å². The summed E-state index contributed by atoms with van der Waals surface area (Å²) in [7, 11) is 0. The highest BCUT2D eigenvalue weighted by atomic mass is 79.9. The largest absolute Gasteiger partial charge is 0.484 e. The molecule has 5 nitrogen and oxygen atoms in total. The van der Waals surface area contributed by atoms with Crippen LogP contribution in [0, 0.1) is 0 Å². The Morgan fingerprint density at radius 1 is 0.889 bits per heavy atom. The van der Waals surface area contributed by atoms with Crippen molar-refractivity contribution in [2.75, 3.05) is 6.61 Å². The maximum Gasteiger partial charge on any atom is 0.261 e. The van der Waals surface area contributed by atoms with E-state index in [1.54, 1.807) is 4.90 Å². The third-order valence-electron chi connectivity index (χ3n) is 6.39. The van der Waals surface area contributed by atoms with Crippen LogP contribution in [0.15, 0.2) is 87.8 Å². The zero-order valence-electron chi connectivity index (χ0n) is 20.0. The molecule has 7 heteroatoms. The first-order valence-electron chi connectivity index (χ1n) is 12.2. The van der Waals surface area contributed by atoms with Crippen molar-refractivity contribution in [1.29, 1.82) is 0 Å². The quantitative estimate of drug-likeness (QED) is 0.292. The summed E-state index contributed by atoms with van der Waals surface area (Å²) in [6, 6.07) is 24.5. The van der Waals surface area contributed by atoms with E-state index in [9.17, 15) is 9.59 Å². The monoisotopic (exact) mass is 612 g/mol. The molecule has 36 heavy (non-hydrogen) atoms. The predicted molar refractivity (Wildman–Crippen MR) is 149 cm³/mol. The van der Waals surface area contributed by atoms with Gasteiger partial charge in [-0.1, -0.05) is 87.2 Å². The van der Waals surface area contributed by atoms with E-state index in [2.05, 4.69) is 37.2 Å². The van der Waals surface area contributed by atoms with Gasteiger partial charge in [-0.25, -0.2) is 0 Å². The molecule has 2 amide bonds. The first kappa shape index (κ1) is 26.4. The fourth-order valence-electron chi connectivity index (χ4n) is 4.51. The van der Waals surface area contributed by atoms with E-state index in [0.717, 1.165) is 45.8 Å². The molecule has 0 heterocycles. The van der Waals surface area contributed by atoms with E-state index in [-0.39, 0.29) is 24.5 Å². The number of benzene rings is 3. The van der Waals surface area contributed by atoms with Gasteiger partial charge in [0.25, 0.3) is 5.91 Å². The number of amides is 2. The number of hydrogen-bond acceptors (Lipinski definition) is 3. The second kappa shape index (κ2) is 13.1. The number of nitrogens with zero attached hydrogens (tertiary/aromatic N) is 1. The summed E-state index contributed by atoms with van der Waals surface area (Å²) in [5.74, 6) is 0.252. The molecule has 0 saturated heterocycles. The van der Waals surface area contributed by atoms with Crippen LogP contribution in [0.2, 0.25) is 0 Å². The third kappa shape index (κ3) is 7.68. The Morgan fingerprint density at radius 2 is 1.58 bits per heavy atom. The molecule has 1 fully saturated rings. The molecular formula is C29H30Br2N2O3. The van der Waals surface area contributed by atoms with Gasteiger partial charge in [-0.15, -0.1) is 0 Å². The molecule has 4 rings (SSSR count). The number of hydrogen-bond donors (Lipinski definition) is 1. The SMILES string of the molecule is O=C(NC1CCCC1)[C@H](Cc1ccccc1)N(Cc1cccc(Br)c1)C(=O)COc1ccc(Br)cc1. The molecule has 1 saturated carbocycles. The maximum atomic E-state index is 13.7. The summed E-state index contributed by atoms with van der Waals surface area (Å²) in [5, 5.41) is 3.22. The molecule has 3 aromatic rings. The van der Waals surface area contributed by atoms with Gasteiger partial charge in [-0.2, -0.15) is 0 Å². The molecule has 0 spiro atoms. The van der Waals surface area contributed by atoms with Gasteiger partial charge in [0.2, 0.25) is 5.91 Å². The minimum absolute atomic E-state index is 0.113. The topological polar surface area (TPSA) is 58.6 Å². The summed E-state index contributed by atoms with van der Waals surface area (Å²) in [6.45, 7) is 0.148. The lowest BCUT2D eigenvalue weighted by Crippen LogP contribution is -2.53. The van der Waals surface area contributed by atoms with Crippen LogP contribution in [0.25, 0.3) is 0 Å². The molecule has 3 aromatic carbocycles. The maximum absolute atomic E-state index is 13.7. The van der Waals surface area contributed by atoms with Crippen LogP contribution in [-0.4, -0.2) is 35.4 Å². The molecule has 188 valence electrons. The molecule has 0 bridgehead atoms. The second-order valence-electron chi connectivity index (χ2n) is 9.09. The lowest BCUT2D eigenvalue weighted by Gasteiger charge is -2.32. The van der Waals surface area contributed by atoms with E-state index >= 15 is 0 Å². The Morgan fingerprint density at radius 3 is 2.28 bits per heavy atom. The number of nitrogens with one attached hydrogen (secondary N) is 1. The number of carbonyl (C=O) groups is 2. The Hall–Kier alpha value is -2.64. The third-order valence-corrected chi connectivity index (χ3v) is 7.41. The minimum atomic E-state index is -0.659. The van der Waals surface area contributed by atoms with Crippen LogP contribution in [0.1, 0.15) is 36.8 Å². The van der Waals surface area contributed by atoms with Gasteiger partial charge in [0.05, 0.1) is 0 Å². The molecule has 1 aliphatic carbocycles. The van der Waals surface area contributed by atoms with Crippen LogP contribution < -0.4 is 10.1 Å². The van der Waals surface area contributed by atoms with Crippen molar-refractivity contribution in [3.05, 3.63) is 98.9 Å². The van der Waals surface area contributed by atoms with Gasteiger partial charge in [0.1, 0.15) is 11.8 Å². The number of halogens is 2. The fraction of sp³-hybridized carbons (Fsp3) is 0.310. The van der Waals surface area contributed by atoms with Crippen molar-refractivity contribution < 1.29 is 14.3 Å². The Kier molecular flexibility index (Phi) is 9.59. The van der Waals surface area contributed by atoms with E-state index in [1.165, 1.54) is 0 Å². The fourth-order valence-corrected chi connectivity index (χ4v) is 5.22. The Bertz CT molecular complexity index is 1150. The summed E-state index contributed by atoms with van der Waals surface area (Å²) in [5.41, 5.74) is 1.94. The number of rotatable bonds is 10. The van der Waals surface area contributed by atoms with Crippen molar-refractivity contribution in [3.63, 3.8) is 0 Å². The van der Waals surface area contributed by atoms with Crippen LogP contribution in [0.5, 0.6) is 5.75 Å². The molecule has 1 N–H and O–H groups in total. The lowest BCUT2D eigenvalue weighted by atomic mass is 10.0. The van der Waals surface area contributed by atoms with Crippen molar-refractivity contribution >= 4 is 43.7 Å². The van der Waals surface area contributed by atoms with Crippen LogP contribution in [-0.2, 0) is 22.6 Å². The van der Waals surface area contributed by atoms with Crippen LogP contribution in [0.3, 0.4) is 0 Å². The van der Waals surface area contributed by atoms with E-state index < -0.39 is 6.04 Å². The minimum Gasteiger partial charge on any atom is -0.484 e. The van der Waals surface area contributed by atoms with Crippen LogP contribution in [0.4, 0.5) is 0 Å². The van der Waals surface area contributed by atoms with Gasteiger partial charge in [0.15, 0.2) is 6.61 Å². The molecule has 0 radical (unpaired) electrons. The van der Waals surface area contributed by atoms with Crippen LogP contribution >= 0.6 is 31.9 Å². The second-order valence-corrected chi connectivity index (χ2v) is 10.9. The Labute approximate surface area is 229 Å². The highest BCUT2D eigenvalue weighted by Crippen LogP contribution is 2.22. The number of carbonyl (C=O) groups excluding carboxylic acids is 2. The normalized spacial score (nSPS) is 14.3. The summed E-state index contributed by atoms with van der Waals surface area (Å²) in [6.07, 6.45) is 4.63. The first-order chi connectivity index (χ1) is 17.5. The van der Waals surface area contributed by atoms with Crippen molar-refractivity contribution in [3.8, 4) is 5.75 Å². The summed E-state index contributed by atoms with van der Waals surface area (Å²) < 4.78 is 7.68. The van der Waals surface area contributed by atoms with Crippen molar-refractivity contribution in [1.82, 2.24) is 10.2 Å². The molecule has 1 atom stereocenters. The highest BCUT2D eigenvalue weighted by molar-refractivity contribution is 9.10. The van der Waals surface area contributed by atoms with Crippen molar-refractivity contribution in [2.45, 2.75) is 50.7 Å². The first-order valence-corrected chi connectivity index (χ1v) is 13.8. The Balaban J connectivity index is 1.60. The molecule has 0 aliphatic heterocycles. The molecule has 1 aliphatic rings. The summed E-state index contributed by atoms with van der Waals surface area (Å²) >= 11 is 6.94. The van der Waals surface area contributed by atoms with Gasteiger partial charge in [0, 0.05) is 28.0 Å². The van der Waals surface area contributed by atoms with Gasteiger partial charge >= 0.3 is 0 Å². The molecule has 0 aromatic heterocycles. The summed E-state index contributed by atoms with van der Waals surface area (Å²) in [4.78, 5) is 29.0. The van der Waals surface area contributed by atoms with E-state index in [4.69, 9.17) is 4.74 Å². The van der Waals surface area contributed by atoms with E-state index in [0.29, 0.717) is 18.7 Å². The average molecular weight is 614 g/mol. The van der Waals surface area contributed by atoms with Gasteiger partial charge < -0.3 is 15.0 Å². The van der Waals surface area contributed by atoms with Gasteiger partial charge in [-0.3, -0.25) is 9.59 Å². The highest BCUT2D eigenvalue weighted by Gasteiger charge is 2.32. The molecular weight excluding hydrogens is 584 g/mol. The van der Waals surface area contributed by atoms with Gasteiger partial charge in [-0.05, 0) is 60.4 Å². The van der Waals surface area contributed by atoms with Crippen molar-refractivity contribution in [2.24, 2.45) is 0 Å². The molecule has 0 unspecified atom stereocenters. The number of ether oxygens (including phenoxy) is 1. The predicted octanol–water partition coefficient (Wildman–Crippen LogP) is 6.29. The zero-order valence-corrected chi connectivity index (χ0v) is 23.2.